The summed E-state index contributed by atoms with van der Waals surface area (Å²) in [6, 6.07) is 3.59. The summed E-state index contributed by atoms with van der Waals surface area (Å²) in [6.07, 6.45) is 5.66. The summed E-state index contributed by atoms with van der Waals surface area (Å²) in [5, 5.41) is 14.0. The Morgan fingerprint density at radius 2 is 2.20 bits per heavy atom. The molecule has 6 heteroatoms. The third kappa shape index (κ3) is 4.16. The Labute approximate surface area is 124 Å². The van der Waals surface area contributed by atoms with E-state index in [1.165, 1.54) is 6.42 Å². The van der Waals surface area contributed by atoms with Crippen LogP contribution < -0.4 is 0 Å². The number of likely N-dealkylation sites (tertiary alicyclic amines) is 1. The zero-order valence-corrected chi connectivity index (χ0v) is 12.3. The first-order valence-electron chi connectivity index (χ1n) is 6.90. The Bertz CT molecular complexity index is 433. The van der Waals surface area contributed by atoms with E-state index in [4.69, 9.17) is 16.4 Å². The van der Waals surface area contributed by atoms with E-state index in [2.05, 4.69) is 15.0 Å². The number of rotatable bonds is 5. The largest absolute Gasteiger partial charge is 0.388 e. The predicted molar refractivity (Wildman–Crippen MR) is 78.6 cm³/mol. The predicted octanol–water partition coefficient (Wildman–Crippen LogP) is 2.19. The smallest absolute Gasteiger partial charge is 0.207 e. The number of hydrogen-bond donors (Lipinski definition) is 1. The minimum absolute atomic E-state index is 0.237. The maximum absolute atomic E-state index is 9.86. The number of pyridine rings is 1. The highest BCUT2D eigenvalue weighted by Gasteiger charge is 2.26. The van der Waals surface area contributed by atoms with Gasteiger partial charge in [0.1, 0.15) is 6.10 Å². The van der Waals surface area contributed by atoms with E-state index < -0.39 is 12.3 Å². The van der Waals surface area contributed by atoms with Crippen LogP contribution >= 0.6 is 11.6 Å². The van der Waals surface area contributed by atoms with E-state index in [9.17, 15) is 5.11 Å². The van der Waals surface area contributed by atoms with E-state index in [0.29, 0.717) is 5.56 Å². The van der Waals surface area contributed by atoms with Gasteiger partial charge in [-0.3, -0.25) is 9.88 Å². The molecule has 2 rings (SSSR count). The lowest BCUT2D eigenvalue weighted by molar-refractivity contribution is -0.123. The zero-order valence-electron chi connectivity index (χ0n) is 11.6. The molecule has 1 aliphatic rings. The molecule has 1 fully saturated rings. The van der Waals surface area contributed by atoms with Crippen LogP contribution in [0.25, 0.3) is 0 Å². The molecule has 2 heterocycles. The van der Waals surface area contributed by atoms with Crippen LogP contribution in [0.5, 0.6) is 0 Å². The maximum atomic E-state index is 9.86. The molecule has 110 valence electrons. The fraction of sp³-hybridized carbons (Fsp3) is 0.571. The molecule has 0 amide bonds. The van der Waals surface area contributed by atoms with Crippen molar-refractivity contribution in [2.45, 2.75) is 38.5 Å². The molecule has 1 aromatic rings. The van der Waals surface area contributed by atoms with Crippen molar-refractivity contribution < 1.29 is 9.94 Å². The van der Waals surface area contributed by atoms with Gasteiger partial charge in [0.15, 0.2) is 5.17 Å². The van der Waals surface area contributed by atoms with Crippen molar-refractivity contribution in [2.24, 2.45) is 5.16 Å². The Balaban J connectivity index is 2.01. The second kappa shape index (κ2) is 7.57. The van der Waals surface area contributed by atoms with Crippen LogP contribution in [0.15, 0.2) is 29.7 Å². The van der Waals surface area contributed by atoms with Crippen LogP contribution in [0.3, 0.4) is 0 Å². The normalized spacial score (nSPS) is 20.4. The van der Waals surface area contributed by atoms with E-state index in [0.717, 1.165) is 25.9 Å². The van der Waals surface area contributed by atoms with Crippen molar-refractivity contribution >= 4 is 16.8 Å². The minimum Gasteiger partial charge on any atom is -0.388 e. The highest BCUT2D eigenvalue weighted by Crippen LogP contribution is 2.16. The lowest BCUT2D eigenvalue weighted by Gasteiger charge is -2.33. The fourth-order valence-corrected chi connectivity index (χ4v) is 2.42. The molecule has 0 spiro atoms. The molecule has 1 aromatic heterocycles. The van der Waals surface area contributed by atoms with Crippen molar-refractivity contribution in [2.75, 3.05) is 13.1 Å². The van der Waals surface area contributed by atoms with Crippen LogP contribution in [-0.2, 0) is 4.84 Å². The quantitative estimate of drug-likeness (QED) is 0.668. The number of aromatic nitrogens is 1. The maximum Gasteiger partial charge on any atom is 0.207 e. The molecule has 5 nitrogen and oxygen atoms in total. The zero-order chi connectivity index (χ0) is 14.4. The van der Waals surface area contributed by atoms with Gasteiger partial charge in [-0.1, -0.05) is 23.2 Å². The molecule has 1 N–H and O–H groups in total. The molecular weight excluding hydrogens is 278 g/mol. The Kier molecular flexibility index (Phi) is 5.76. The molecule has 0 radical (unpaired) electrons. The van der Waals surface area contributed by atoms with Crippen molar-refractivity contribution in [1.82, 2.24) is 9.88 Å². The molecule has 0 saturated carbocycles. The summed E-state index contributed by atoms with van der Waals surface area (Å²) >= 11 is 6.08. The fourth-order valence-electron chi connectivity index (χ4n) is 2.27. The summed E-state index contributed by atoms with van der Waals surface area (Å²) in [7, 11) is 0. The van der Waals surface area contributed by atoms with Gasteiger partial charge in [0.2, 0.25) is 6.23 Å². The average Bonchev–Trinajstić information content (AvgIpc) is 2.49. The van der Waals surface area contributed by atoms with Gasteiger partial charge >= 0.3 is 0 Å². The Morgan fingerprint density at radius 1 is 1.45 bits per heavy atom. The average molecular weight is 298 g/mol. The first-order chi connectivity index (χ1) is 9.68. The number of hydrogen-bond acceptors (Lipinski definition) is 5. The van der Waals surface area contributed by atoms with E-state index in [1.807, 2.05) is 0 Å². The molecule has 1 aliphatic heterocycles. The van der Waals surface area contributed by atoms with E-state index in [-0.39, 0.29) is 5.17 Å². The standard InChI is InChI=1S/C14H20ClN3O2/c1-11(19)14(18-8-3-2-4-9-18)20-17-13(15)12-6-5-7-16-10-12/h5-7,10-11,14,19H,2-4,8-9H2,1H3. The van der Waals surface area contributed by atoms with Gasteiger partial charge in [0.25, 0.3) is 0 Å². The van der Waals surface area contributed by atoms with Crippen LogP contribution in [0.2, 0.25) is 0 Å². The van der Waals surface area contributed by atoms with Crippen LogP contribution in [0, 0.1) is 0 Å². The molecule has 1 saturated heterocycles. The highest BCUT2D eigenvalue weighted by atomic mass is 35.5. The Morgan fingerprint density at radius 3 is 2.80 bits per heavy atom. The van der Waals surface area contributed by atoms with Gasteiger partial charge in [0, 0.05) is 31.0 Å². The first-order valence-corrected chi connectivity index (χ1v) is 7.28. The van der Waals surface area contributed by atoms with Gasteiger partial charge < -0.3 is 9.94 Å². The first kappa shape index (κ1) is 15.2. The summed E-state index contributed by atoms with van der Waals surface area (Å²) in [5.41, 5.74) is 0.692. The third-order valence-corrected chi connectivity index (χ3v) is 3.59. The molecule has 0 aromatic carbocycles. The van der Waals surface area contributed by atoms with E-state index >= 15 is 0 Å². The number of aliphatic hydroxyl groups is 1. The van der Waals surface area contributed by atoms with Gasteiger partial charge in [-0.05, 0) is 31.9 Å². The number of aliphatic hydroxyl groups excluding tert-OH is 1. The van der Waals surface area contributed by atoms with Crippen molar-refractivity contribution in [3.05, 3.63) is 30.1 Å². The number of piperidine rings is 1. The summed E-state index contributed by atoms with van der Waals surface area (Å²) < 4.78 is 0. The third-order valence-electron chi connectivity index (χ3n) is 3.30. The second-order valence-corrected chi connectivity index (χ2v) is 5.32. The topological polar surface area (TPSA) is 58.0 Å². The molecule has 2 unspecified atom stereocenters. The number of nitrogens with zero attached hydrogens (tertiary/aromatic N) is 3. The monoisotopic (exact) mass is 297 g/mol. The summed E-state index contributed by atoms with van der Waals surface area (Å²) in [4.78, 5) is 11.5. The summed E-state index contributed by atoms with van der Waals surface area (Å²) in [6.45, 7) is 3.53. The van der Waals surface area contributed by atoms with Gasteiger partial charge in [-0.2, -0.15) is 0 Å². The van der Waals surface area contributed by atoms with Crippen LogP contribution in [0.4, 0.5) is 0 Å². The lowest BCUT2D eigenvalue weighted by Crippen LogP contribution is -2.46. The molecular formula is C14H20ClN3O2. The van der Waals surface area contributed by atoms with Crippen LogP contribution in [0.1, 0.15) is 31.7 Å². The molecule has 0 bridgehead atoms. The molecule has 0 aliphatic carbocycles. The van der Waals surface area contributed by atoms with Crippen molar-refractivity contribution in [1.29, 1.82) is 0 Å². The SMILES string of the molecule is CC(O)C(ON=C(Cl)c1cccnc1)N1CCCCC1. The number of oxime groups is 1. The number of halogens is 1. The van der Waals surface area contributed by atoms with Gasteiger partial charge in [-0.15, -0.1) is 0 Å². The Hall–Kier alpha value is -1.17. The van der Waals surface area contributed by atoms with Crippen molar-refractivity contribution in [3.63, 3.8) is 0 Å². The molecule has 2 atom stereocenters. The van der Waals surface area contributed by atoms with Gasteiger partial charge in [-0.25, -0.2) is 0 Å². The lowest BCUT2D eigenvalue weighted by atomic mass is 10.1. The minimum atomic E-state index is -0.629. The summed E-state index contributed by atoms with van der Waals surface area (Å²) in [5.74, 6) is 0. The van der Waals surface area contributed by atoms with Gasteiger partial charge in [0.05, 0.1) is 0 Å². The second-order valence-electron chi connectivity index (χ2n) is 4.96. The van der Waals surface area contributed by atoms with E-state index in [1.54, 1.807) is 31.5 Å². The van der Waals surface area contributed by atoms with Crippen LogP contribution in [-0.4, -0.2) is 45.6 Å². The highest BCUT2D eigenvalue weighted by molar-refractivity contribution is 6.69. The van der Waals surface area contributed by atoms with Crippen molar-refractivity contribution in [3.8, 4) is 0 Å². The molecule has 20 heavy (non-hydrogen) atoms.